The van der Waals surface area contributed by atoms with Gasteiger partial charge in [0, 0.05) is 23.7 Å². The molecule has 0 unspecified atom stereocenters. The first kappa shape index (κ1) is 18.5. The van der Waals surface area contributed by atoms with E-state index in [4.69, 9.17) is 16.3 Å². The molecule has 1 heterocycles. The number of halogens is 1. The van der Waals surface area contributed by atoms with Crippen LogP contribution in [0.3, 0.4) is 0 Å². The molecule has 6 nitrogen and oxygen atoms in total. The maximum absolute atomic E-state index is 12.6. The van der Waals surface area contributed by atoms with E-state index in [9.17, 15) is 13.2 Å². The lowest BCUT2D eigenvalue weighted by Gasteiger charge is -2.21. The van der Waals surface area contributed by atoms with Gasteiger partial charge < -0.3 is 10.1 Å². The van der Waals surface area contributed by atoms with Crippen LogP contribution >= 0.6 is 11.6 Å². The van der Waals surface area contributed by atoms with Crippen LogP contribution in [0.15, 0.2) is 42.5 Å². The molecule has 1 amide bonds. The van der Waals surface area contributed by atoms with Crippen molar-refractivity contribution in [2.45, 2.75) is 19.4 Å². The summed E-state index contributed by atoms with van der Waals surface area (Å²) in [7, 11) is -3.53. The smallest absolute Gasteiger partial charge is 0.265 e. The van der Waals surface area contributed by atoms with Crippen LogP contribution in [0.4, 0.5) is 11.4 Å². The standard InChI is InChI=1S/C18H19ClN2O4S/c1-12-4-3-5-14(10-12)20-18(22)17-8-9-21(26(2,23)24)15-11-13(19)6-7-16(15)25-17/h3-7,10-11,17H,8-9H2,1-2H3,(H,20,22)/t17-/m1/s1. The van der Waals surface area contributed by atoms with Gasteiger partial charge in [-0.1, -0.05) is 23.7 Å². The third-order valence-corrected chi connectivity index (χ3v) is 5.45. The molecule has 26 heavy (non-hydrogen) atoms. The van der Waals surface area contributed by atoms with Gasteiger partial charge in [0.15, 0.2) is 6.10 Å². The number of ether oxygens (including phenoxy) is 1. The summed E-state index contributed by atoms with van der Waals surface area (Å²) in [5.41, 5.74) is 2.03. The van der Waals surface area contributed by atoms with Gasteiger partial charge in [-0.15, -0.1) is 0 Å². The second-order valence-corrected chi connectivity index (χ2v) is 8.54. The second-order valence-electron chi connectivity index (χ2n) is 6.20. The number of carbonyl (C=O) groups is 1. The molecule has 0 saturated carbocycles. The molecule has 8 heteroatoms. The van der Waals surface area contributed by atoms with Crippen molar-refractivity contribution in [3.05, 3.63) is 53.1 Å². The molecule has 0 radical (unpaired) electrons. The maximum atomic E-state index is 12.6. The summed E-state index contributed by atoms with van der Waals surface area (Å²) in [5, 5.41) is 3.21. The Balaban J connectivity index is 1.88. The van der Waals surface area contributed by atoms with Gasteiger partial charge >= 0.3 is 0 Å². The molecule has 2 aromatic rings. The Bertz CT molecular complexity index is 946. The SMILES string of the molecule is Cc1cccc(NC(=O)[C@H]2CCN(S(C)(=O)=O)c3cc(Cl)ccc3O2)c1. The van der Waals surface area contributed by atoms with Gasteiger partial charge in [-0.25, -0.2) is 8.42 Å². The van der Waals surface area contributed by atoms with E-state index in [1.165, 1.54) is 10.4 Å². The number of nitrogens with zero attached hydrogens (tertiary/aromatic N) is 1. The van der Waals surface area contributed by atoms with E-state index in [2.05, 4.69) is 5.32 Å². The summed E-state index contributed by atoms with van der Waals surface area (Å²) in [4.78, 5) is 12.6. The van der Waals surface area contributed by atoms with Crippen LogP contribution in [0.25, 0.3) is 0 Å². The number of fused-ring (bicyclic) bond motifs is 1. The van der Waals surface area contributed by atoms with E-state index in [1.807, 2.05) is 25.1 Å². The molecule has 1 N–H and O–H groups in total. The first-order valence-corrected chi connectivity index (χ1v) is 10.3. The van der Waals surface area contributed by atoms with Crippen molar-refractivity contribution in [2.75, 3.05) is 22.4 Å². The van der Waals surface area contributed by atoms with Crippen LogP contribution in [-0.4, -0.2) is 33.2 Å². The summed E-state index contributed by atoms with van der Waals surface area (Å²) in [6.07, 6.45) is 0.518. The van der Waals surface area contributed by atoms with E-state index in [-0.39, 0.29) is 18.9 Å². The molecule has 0 fully saturated rings. The summed E-state index contributed by atoms with van der Waals surface area (Å²) in [5.74, 6) is -0.0198. The topological polar surface area (TPSA) is 75.7 Å². The number of aryl methyl sites for hydroxylation is 1. The van der Waals surface area contributed by atoms with Crippen molar-refractivity contribution in [3.63, 3.8) is 0 Å². The fourth-order valence-corrected chi connectivity index (χ4v) is 3.93. The van der Waals surface area contributed by atoms with Gasteiger partial charge in [0.05, 0.1) is 11.9 Å². The Kier molecular flexibility index (Phi) is 5.11. The number of benzene rings is 2. The van der Waals surface area contributed by atoms with E-state index >= 15 is 0 Å². The molecule has 0 aromatic heterocycles. The van der Waals surface area contributed by atoms with Gasteiger partial charge in [-0.3, -0.25) is 9.10 Å². The fraction of sp³-hybridized carbons (Fsp3) is 0.278. The van der Waals surface area contributed by atoms with Crippen LogP contribution in [-0.2, 0) is 14.8 Å². The second kappa shape index (κ2) is 7.17. The minimum absolute atomic E-state index is 0.123. The normalized spacial score (nSPS) is 17.0. The largest absolute Gasteiger partial charge is 0.478 e. The van der Waals surface area contributed by atoms with E-state index in [0.29, 0.717) is 22.1 Å². The Morgan fingerprint density at radius 3 is 2.73 bits per heavy atom. The minimum Gasteiger partial charge on any atom is -0.478 e. The first-order chi connectivity index (χ1) is 12.2. The maximum Gasteiger partial charge on any atom is 0.265 e. The molecule has 1 aliphatic heterocycles. The first-order valence-electron chi connectivity index (χ1n) is 8.05. The zero-order valence-electron chi connectivity index (χ0n) is 14.4. The quantitative estimate of drug-likeness (QED) is 0.867. The van der Waals surface area contributed by atoms with Gasteiger partial charge in [-0.05, 0) is 42.8 Å². The summed E-state index contributed by atoms with van der Waals surface area (Å²) >= 11 is 6.01. The number of nitrogens with one attached hydrogen (secondary N) is 1. The molecule has 2 aromatic carbocycles. The molecule has 0 bridgehead atoms. The zero-order valence-corrected chi connectivity index (χ0v) is 16.0. The molecule has 1 atom stereocenters. The van der Waals surface area contributed by atoms with Crippen LogP contribution in [0.2, 0.25) is 5.02 Å². The third kappa shape index (κ3) is 4.11. The van der Waals surface area contributed by atoms with Crippen molar-refractivity contribution in [2.24, 2.45) is 0 Å². The van der Waals surface area contributed by atoms with Gasteiger partial charge in [-0.2, -0.15) is 0 Å². The highest BCUT2D eigenvalue weighted by atomic mass is 35.5. The van der Waals surface area contributed by atoms with Crippen LogP contribution in [0, 0.1) is 6.92 Å². The number of sulfonamides is 1. The molecule has 3 rings (SSSR count). The average Bonchev–Trinajstić information content (AvgIpc) is 2.73. The van der Waals surface area contributed by atoms with Crippen molar-refractivity contribution < 1.29 is 17.9 Å². The summed E-state index contributed by atoms with van der Waals surface area (Å²) < 4.78 is 31.3. The predicted molar refractivity (Wildman–Crippen MR) is 102 cm³/mol. The monoisotopic (exact) mass is 394 g/mol. The Morgan fingerprint density at radius 2 is 2.04 bits per heavy atom. The van der Waals surface area contributed by atoms with Crippen LogP contribution in [0.5, 0.6) is 5.75 Å². The van der Waals surface area contributed by atoms with Crippen molar-refractivity contribution in [1.82, 2.24) is 0 Å². The summed E-state index contributed by atoms with van der Waals surface area (Å²) in [6, 6.07) is 12.1. The van der Waals surface area contributed by atoms with Crippen molar-refractivity contribution >= 4 is 38.9 Å². The fourth-order valence-electron chi connectivity index (χ4n) is 2.83. The number of rotatable bonds is 3. The summed E-state index contributed by atoms with van der Waals surface area (Å²) in [6.45, 7) is 2.06. The average molecular weight is 395 g/mol. The molecule has 1 aliphatic rings. The third-order valence-electron chi connectivity index (χ3n) is 4.03. The van der Waals surface area contributed by atoms with Crippen LogP contribution in [0.1, 0.15) is 12.0 Å². The van der Waals surface area contributed by atoms with E-state index < -0.39 is 16.1 Å². The van der Waals surface area contributed by atoms with Gasteiger partial charge in [0.2, 0.25) is 10.0 Å². The molecule has 0 aliphatic carbocycles. The molecule has 138 valence electrons. The highest BCUT2D eigenvalue weighted by Gasteiger charge is 2.31. The van der Waals surface area contributed by atoms with Gasteiger partial charge in [0.1, 0.15) is 5.75 Å². The lowest BCUT2D eigenvalue weighted by molar-refractivity contribution is -0.122. The van der Waals surface area contributed by atoms with Crippen molar-refractivity contribution in [3.8, 4) is 5.75 Å². The number of amides is 1. The highest BCUT2D eigenvalue weighted by Crippen LogP contribution is 2.36. The number of carbonyl (C=O) groups excluding carboxylic acids is 1. The van der Waals surface area contributed by atoms with Gasteiger partial charge in [0.25, 0.3) is 5.91 Å². The number of hydrogen-bond acceptors (Lipinski definition) is 4. The predicted octanol–water partition coefficient (Wildman–Crippen LogP) is 3.20. The molecular formula is C18H19ClN2O4S. The Morgan fingerprint density at radius 1 is 1.27 bits per heavy atom. The minimum atomic E-state index is -3.53. The Labute approximate surface area is 157 Å². The number of anilines is 2. The zero-order chi connectivity index (χ0) is 18.9. The highest BCUT2D eigenvalue weighted by molar-refractivity contribution is 7.92. The lowest BCUT2D eigenvalue weighted by atomic mass is 10.2. The van der Waals surface area contributed by atoms with Crippen LogP contribution < -0.4 is 14.4 Å². The molecule has 0 saturated heterocycles. The van der Waals surface area contributed by atoms with E-state index in [1.54, 1.807) is 18.2 Å². The van der Waals surface area contributed by atoms with Crippen molar-refractivity contribution in [1.29, 1.82) is 0 Å². The van der Waals surface area contributed by atoms with E-state index in [0.717, 1.165) is 11.8 Å². The number of hydrogen-bond donors (Lipinski definition) is 1. The Hall–Kier alpha value is -2.25. The lowest BCUT2D eigenvalue weighted by Crippen LogP contribution is -2.35. The molecule has 0 spiro atoms. The molecular weight excluding hydrogens is 376 g/mol.